The van der Waals surface area contributed by atoms with Crippen LogP contribution < -0.4 is 10.2 Å². The molecule has 1 aromatic heterocycles. The van der Waals surface area contributed by atoms with E-state index in [1.54, 1.807) is 29.4 Å². The van der Waals surface area contributed by atoms with Crippen molar-refractivity contribution in [3.05, 3.63) is 59.4 Å². The van der Waals surface area contributed by atoms with E-state index in [4.69, 9.17) is 11.6 Å². The van der Waals surface area contributed by atoms with Crippen molar-refractivity contribution >= 4 is 29.1 Å². The lowest BCUT2D eigenvalue weighted by molar-refractivity contribution is -0.126. The summed E-state index contributed by atoms with van der Waals surface area (Å²) < 4.78 is 0. The summed E-state index contributed by atoms with van der Waals surface area (Å²) in [6.45, 7) is 0.593. The number of amides is 2. The minimum Gasteiger partial charge on any atom is -0.344 e. The summed E-state index contributed by atoms with van der Waals surface area (Å²) in [7, 11) is 0. The minimum atomic E-state index is -0.453. The van der Waals surface area contributed by atoms with Crippen LogP contribution in [0, 0.1) is 0 Å². The molecule has 0 saturated carbocycles. The molecule has 1 aromatic carbocycles. The number of rotatable bonds is 5. The number of hydrogen-bond donors (Lipinski definition) is 1. The molecule has 0 spiro atoms. The van der Waals surface area contributed by atoms with Gasteiger partial charge in [-0.2, -0.15) is 0 Å². The van der Waals surface area contributed by atoms with Crippen LogP contribution >= 0.6 is 11.6 Å². The number of carbonyl (C=O) groups excluding carboxylic acids is 2. The van der Waals surface area contributed by atoms with Gasteiger partial charge in [0.25, 0.3) is 0 Å². The number of anilines is 1. The number of aryl methyl sites for hydroxylation is 1. The second-order valence-corrected chi connectivity index (χ2v) is 6.17. The van der Waals surface area contributed by atoms with Crippen molar-refractivity contribution in [2.24, 2.45) is 0 Å². The summed E-state index contributed by atoms with van der Waals surface area (Å²) >= 11 is 5.87. The van der Waals surface area contributed by atoms with Crippen LogP contribution in [0.1, 0.15) is 18.4 Å². The number of pyridine rings is 1. The second-order valence-electron chi connectivity index (χ2n) is 5.73. The molecule has 0 bridgehead atoms. The van der Waals surface area contributed by atoms with Crippen molar-refractivity contribution in [2.45, 2.75) is 25.3 Å². The van der Waals surface area contributed by atoms with E-state index in [1.165, 1.54) is 0 Å². The number of halogens is 1. The summed E-state index contributed by atoms with van der Waals surface area (Å²) in [6, 6.07) is 10.5. The average Bonchev–Trinajstić information content (AvgIpc) is 2.95. The Bertz CT molecular complexity index is 719. The molecular weight excluding hydrogens is 326 g/mol. The van der Waals surface area contributed by atoms with Crippen LogP contribution in [0.5, 0.6) is 0 Å². The predicted molar refractivity (Wildman–Crippen MR) is 92.9 cm³/mol. The number of hydrogen-bond acceptors (Lipinski definition) is 3. The molecule has 0 radical (unpaired) electrons. The fourth-order valence-electron chi connectivity index (χ4n) is 2.77. The van der Waals surface area contributed by atoms with Crippen molar-refractivity contribution in [2.75, 3.05) is 11.4 Å². The standard InChI is InChI=1S/C18H18ClN3O2/c19-14-2-4-15(5-3-14)22-12-9-16(18(22)24)21-17(23)6-1-13-7-10-20-11-8-13/h2-5,7-8,10-11,16H,1,6,9,12H2,(H,21,23)/t16-/m1/s1. The minimum absolute atomic E-state index is 0.0745. The Morgan fingerprint density at radius 1 is 1.21 bits per heavy atom. The summed E-state index contributed by atoms with van der Waals surface area (Å²) in [5.41, 5.74) is 1.86. The number of benzene rings is 1. The molecule has 5 nitrogen and oxygen atoms in total. The molecule has 1 fully saturated rings. The van der Waals surface area contributed by atoms with Crippen LogP contribution in [0.3, 0.4) is 0 Å². The van der Waals surface area contributed by atoms with E-state index >= 15 is 0 Å². The van der Waals surface area contributed by atoms with Crippen LogP contribution in [0.15, 0.2) is 48.8 Å². The predicted octanol–water partition coefficient (Wildman–Crippen LogP) is 2.59. The van der Waals surface area contributed by atoms with E-state index < -0.39 is 6.04 Å². The first-order chi connectivity index (χ1) is 11.6. The van der Waals surface area contributed by atoms with E-state index in [1.807, 2.05) is 24.3 Å². The summed E-state index contributed by atoms with van der Waals surface area (Å²) in [6.07, 6.45) is 5.02. The van der Waals surface area contributed by atoms with E-state index in [-0.39, 0.29) is 11.8 Å². The largest absolute Gasteiger partial charge is 0.344 e. The molecule has 1 N–H and O–H groups in total. The SMILES string of the molecule is O=C(CCc1ccncc1)N[C@@H]1CCN(c2ccc(Cl)cc2)C1=O. The van der Waals surface area contributed by atoms with Gasteiger partial charge in [0.1, 0.15) is 6.04 Å². The first kappa shape index (κ1) is 16.5. The van der Waals surface area contributed by atoms with Gasteiger partial charge in [-0.1, -0.05) is 11.6 Å². The molecule has 2 aromatic rings. The molecule has 1 saturated heterocycles. The molecular formula is C18H18ClN3O2. The molecule has 1 aliphatic heterocycles. The van der Waals surface area contributed by atoms with Gasteiger partial charge in [0.15, 0.2) is 0 Å². The maximum Gasteiger partial charge on any atom is 0.249 e. The van der Waals surface area contributed by atoms with Crippen LogP contribution in [0.25, 0.3) is 0 Å². The molecule has 6 heteroatoms. The molecule has 0 unspecified atom stereocenters. The van der Waals surface area contributed by atoms with E-state index in [0.717, 1.165) is 11.3 Å². The second kappa shape index (κ2) is 7.45. The molecule has 1 atom stereocenters. The smallest absolute Gasteiger partial charge is 0.249 e. The summed E-state index contributed by atoms with van der Waals surface area (Å²) in [5, 5.41) is 3.47. The number of carbonyl (C=O) groups is 2. The Labute approximate surface area is 145 Å². The van der Waals surface area contributed by atoms with Crippen molar-refractivity contribution in [3.8, 4) is 0 Å². The third-order valence-electron chi connectivity index (χ3n) is 4.07. The van der Waals surface area contributed by atoms with Crippen LogP contribution in [-0.2, 0) is 16.0 Å². The van der Waals surface area contributed by atoms with E-state index in [9.17, 15) is 9.59 Å². The average molecular weight is 344 g/mol. The lowest BCUT2D eigenvalue weighted by atomic mass is 10.1. The maximum absolute atomic E-state index is 12.5. The third kappa shape index (κ3) is 3.92. The quantitative estimate of drug-likeness (QED) is 0.907. The highest BCUT2D eigenvalue weighted by molar-refractivity contribution is 6.30. The summed E-state index contributed by atoms with van der Waals surface area (Å²) in [5.74, 6) is -0.183. The molecule has 24 heavy (non-hydrogen) atoms. The first-order valence-corrected chi connectivity index (χ1v) is 8.26. The normalized spacial score (nSPS) is 17.1. The van der Waals surface area contributed by atoms with Crippen LogP contribution in [0.2, 0.25) is 5.02 Å². The van der Waals surface area contributed by atoms with Crippen molar-refractivity contribution in [1.82, 2.24) is 10.3 Å². The van der Waals surface area contributed by atoms with Crippen molar-refractivity contribution in [3.63, 3.8) is 0 Å². The zero-order chi connectivity index (χ0) is 16.9. The maximum atomic E-state index is 12.5. The topological polar surface area (TPSA) is 62.3 Å². The van der Waals surface area contributed by atoms with Gasteiger partial charge < -0.3 is 10.2 Å². The Balaban J connectivity index is 1.53. The Kier molecular flexibility index (Phi) is 5.11. The summed E-state index contributed by atoms with van der Waals surface area (Å²) in [4.78, 5) is 30.2. The van der Waals surface area contributed by atoms with Gasteiger partial charge in [0.05, 0.1) is 0 Å². The highest BCUT2D eigenvalue weighted by atomic mass is 35.5. The molecule has 1 aliphatic rings. The van der Waals surface area contributed by atoms with E-state index in [0.29, 0.717) is 30.8 Å². The molecule has 3 rings (SSSR count). The lowest BCUT2D eigenvalue weighted by Gasteiger charge is -2.17. The lowest BCUT2D eigenvalue weighted by Crippen LogP contribution is -2.41. The van der Waals surface area contributed by atoms with Crippen molar-refractivity contribution < 1.29 is 9.59 Å². The fourth-order valence-corrected chi connectivity index (χ4v) is 2.89. The molecule has 2 amide bonds. The van der Waals surface area contributed by atoms with Gasteiger partial charge in [-0.25, -0.2) is 0 Å². The highest BCUT2D eigenvalue weighted by Crippen LogP contribution is 2.23. The van der Waals surface area contributed by atoms with Gasteiger partial charge in [0, 0.05) is 36.1 Å². The highest BCUT2D eigenvalue weighted by Gasteiger charge is 2.33. The van der Waals surface area contributed by atoms with Gasteiger partial charge in [-0.15, -0.1) is 0 Å². The molecule has 0 aliphatic carbocycles. The Hall–Kier alpha value is -2.40. The van der Waals surface area contributed by atoms with Gasteiger partial charge >= 0.3 is 0 Å². The van der Waals surface area contributed by atoms with Crippen LogP contribution in [-0.4, -0.2) is 29.4 Å². The Morgan fingerprint density at radius 2 is 1.92 bits per heavy atom. The number of nitrogens with one attached hydrogen (secondary N) is 1. The van der Waals surface area contributed by atoms with E-state index in [2.05, 4.69) is 10.3 Å². The first-order valence-electron chi connectivity index (χ1n) is 7.89. The van der Waals surface area contributed by atoms with Gasteiger partial charge in [0.2, 0.25) is 11.8 Å². The number of nitrogens with zero attached hydrogens (tertiary/aromatic N) is 2. The zero-order valence-corrected chi connectivity index (χ0v) is 13.9. The monoisotopic (exact) mass is 343 g/mol. The zero-order valence-electron chi connectivity index (χ0n) is 13.1. The van der Waals surface area contributed by atoms with Crippen LogP contribution in [0.4, 0.5) is 5.69 Å². The third-order valence-corrected chi connectivity index (χ3v) is 4.32. The number of aromatic nitrogens is 1. The Morgan fingerprint density at radius 3 is 2.62 bits per heavy atom. The van der Waals surface area contributed by atoms with Gasteiger partial charge in [-0.3, -0.25) is 14.6 Å². The van der Waals surface area contributed by atoms with Crippen molar-refractivity contribution in [1.29, 1.82) is 0 Å². The molecule has 2 heterocycles. The fraction of sp³-hybridized carbons (Fsp3) is 0.278. The van der Waals surface area contributed by atoms with Gasteiger partial charge in [-0.05, 0) is 54.8 Å². The molecule has 124 valence electrons.